The molecule has 0 saturated heterocycles. The van der Waals surface area contributed by atoms with Crippen LogP contribution in [0.4, 0.5) is 0 Å². The van der Waals surface area contributed by atoms with Gasteiger partial charge in [0.1, 0.15) is 11.5 Å². The Bertz CT molecular complexity index is 850. The molecule has 0 aromatic heterocycles. The van der Waals surface area contributed by atoms with Crippen LogP contribution in [0.3, 0.4) is 0 Å². The number of hydrogen-bond acceptors (Lipinski definition) is 3. The van der Waals surface area contributed by atoms with Crippen LogP contribution in [-0.2, 0) is 11.2 Å². The summed E-state index contributed by atoms with van der Waals surface area (Å²) in [6, 6.07) is 1.85. The van der Waals surface area contributed by atoms with E-state index in [1.165, 1.54) is 27.8 Å². The molecule has 3 heteroatoms. The van der Waals surface area contributed by atoms with Gasteiger partial charge in [-0.1, -0.05) is 18.2 Å². The van der Waals surface area contributed by atoms with Gasteiger partial charge in [0.15, 0.2) is 6.29 Å². The predicted molar refractivity (Wildman–Crippen MR) is 89.7 cm³/mol. The number of benzene rings is 1. The Hall–Kier alpha value is -2.55. The number of rotatable bonds is 3. The van der Waals surface area contributed by atoms with Gasteiger partial charge in [0.2, 0.25) is 0 Å². The first-order valence-corrected chi connectivity index (χ1v) is 7.73. The molecule has 1 aromatic carbocycles. The van der Waals surface area contributed by atoms with Crippen molar-refractivity contribution in [3.05, 3.63) is 69.0 Å². The Morgan fingerprint density at radius 3 is 2.74 bits per heavy atom. The molecule has 3 aliphatic rings. The summed E-state index contributed by atoms with van der Waals surface area (Å²) < 4.78 is 11.2. The molecule has 0 bridgehead atoms. The highest BCUT2D eigenvalue weighted by atomic mass is 16.5. The molecule has 3 aliphatic carbocycles. The van der Waals surface area contributed by atoms with Crippen molar-refractivity contribution in [2.24, 2.45) is 0 Å². The molecular weight excluding hydrogens is 288 g/mol. The first-order valence-electron chi connectivity index (χ1n) is 7.73. The molecule has 4 rings (SSSR count). The zero-order valence-electron chi connectivity index (χ0n) is 13.5. The van der Waals surface area contributed by atoms with E-state index in [-0.39, 0.29) is 5.92 Å². The number of carbonyl (C=O) groups is 1. The molecule has 1 aromatic rings. The fraction of sp³-hybridized carbons (Fsp3) is 0.250. The summed E-state index contributed by atoms with van der Waals surface area (Å²) in [4.78, 5) is 11.6. The Balaban J connectivity index is 2.07. The molecule has 116 valence electrons. The van der Waals surface area contributed by atoms with Gasteiger partial charge in [0, 0.05) is 22.6 Å². The Labute approximate surface area is 135 Å². The molecule has 0 fully saturated rings. The summed E-state index contributed by atoms with van der Waals surface area (Å²) in [5.74, 6) is 1.84. The number of hydrogen-bond donors (Lipinski definition) is 0. The van der Waals surface area contributed by atoms with Crippen LogP contribution < -0.4 is 4.74 Å². The third-order valence-corrected chi connectivity index (χ3v) is 5.03. The predicted octanol–water partition coefficient (Wildman–Crippen LogP) is 3.96. The monoisotopic (exact) mass is 306 g/mol. The second-order valence-electron chi connectivity index (χ2n) is 6.07. The number of methoxy groups -OCH3 is 2. The lowest BCUT2D eigenvalue weighted by Crippen LogP contribution is -2.22. The van der Waals surface area contributed by atoms with E-state index in [0.29, 0.717) is 5.56 Å². The SMILES string of the molecule is COC1=CC(C)=C2C=Cc3c(C=O)cc(OC)c4c3C2C1=CC4. The maximum atomic E-state index is 11.6. The molecule has 0 heterocycles. The van der Waals surface area contributed by atoms with Crippen LogP contribution in [-0.4, -0.2) is 20.5 Å². The lowest BCUT2D eigenvalue weighted by Gasteiger charge is -2.37. The number of ether oxygens (including phenoxy) is 2. The Kier molecular flexibility index (Phi) is 3.05. The topological polar surface area (TPSA) is 35.5 Å². The summed E-state index contributed by atoms with van der Waals surface area (Å²) in [6.07, 6.45) is 10.2. The van der Waals surface area contributed by atoms with E-state index in [1.54, 1.807) is 14.2 Å². The van der Waals surface area contributed by atoms with E-state index >= 15 is 0 Å². The minimum Gasteiger partial charge on any atom is -0.496 e. The van der Waals surface area contributed by atoms with Crippen LogP contribution in [0.5, 0.6) is 5.75 Å². The van der Waals surface area contributed by atoms with Crippen molar-refractivity contribution in [3.8, 4) is 5.75 Å². The van der Waals surface area contributed by atoms with Gasteiger partial charge >= 0.3 is 0 Å². The maximum Gasteiger partial charge on any atom is 0.150 e. The van der Waals surface area contributed by atoms with Crippen molar-refractivity contribution < 1.29 is 14.3 Å². The highest BCUT2D eigenvalue weighted by Crippen LogP contribution is 2.52. The molecule has 1 atom stereocenters. The maximum absolute atomic E-state index is 11.6. The third kappa shape index (κ3) is 1.79. The van der Waals surface area contributed by atoms with Gasteiger partial charge in [-0.25, -0.2) is 0 Å². The lowest BCUT2D eigenvalue weighted by atomic mass is 9.68. The minimum atomic E-state index is 0.132. The fourth-order valence-corrected chi connectivity index (χ4v) is 3.98. The summed E-state index contributed by atoms with van der Waals surface area (Å²) in [7, 11) is 3.37. The van der Waals surface area contributed by atoms with Crippen molar-refractivity contribution in [1.29, 1.82) is 0 Å². The average molecular weight is 306 g/mol. The van der Waals surface area contributed by atoms with Crippen LogP contribution in [0.15, 0.2) is 46.8 Å². The van der Waals surface area contributed by atoms with Crippen LogP contribution in [0.1, 0.15) is 39.9 Å². The molecule has 0 amide bonds. The van der Waals surface area contributed by atoms with E-state index in [4.69, 9.17) is 9.47 Å². The highest BCUT2D eigenvalue weighted by Gasteiger charge is 2.37. The fourth-order valence-electron chi connectivity index (χ4n) is 3.98. The normalized spacial score (nSPS) is 20.6. The molecule has 0 radical (unpaired) electrons. The van der Waals surface area contributed by atoms with Gasteiger partial charge < -0.3 is 9.47 Å². The first kappa shape index (κ1) is 14.1. The van der Waals surface area contributed by atoms with Gasteiger partial charge in [0.25, 0.3) is 0 Å². The molecule has 0 aliphatic heterocycles. The minimum absolute atomic E-state index is 0.132. The van der Waals surface area contributed by atoms with Crippen molar-refractivity contribution in [1.82, 2.24) is 0 Å². The standard InChI is InChI=1S/C20H18O3/c1-11-8-17(22-2)15-6-7-16-18(23-3)9-12(10-21)14-5-4-13(11)19(15)20(14)16/h4-6,8-10,19H,7H2,1-3H3. The zero-order valence-corrected chi connectivity index (χ0v) is 13.5. The second kappa shape index (κ2) is 4.98. The molecule has 1 unspecified atom stereocenters. The number of allylic oxidation sites excluding steroid dienone is 6. The van der Waals surface area contributed by atoms with Crippen molar-refractivity contribution in [2.45, 2.75) is 19.3 Å². The van der Waals surface area contributed by atoms with E-state index in [9.17, 15) is 4.79 Å². The van der Waals surface area contributed by atoms with Gasteiger partial charge in [-0.15, -0.1) is 0 Å². The summed E-state index contributed by atoms with van der Waals surface area (Å²) in [5.41, 5.74) is 7.74. The van der Waals surface area contributed by atoms with E-state index in [0.717, 1.165) is 29.8 Å². The van der Waals surface area contributed by atoms with Crippen LogP contribution in [0.2, 0.25) is 0 Å². The summed E-state index contributed by atoms with van der Waals surface area (Å²) in [6.45, 7) is 2.11. The molecule has 0 saturated carbocycles. The summed E-state index contributed by atoms with van der Waals surface area (Å²) in [5, 5.41) is 0. The van der Waals surface area contributed by atoms with E-state index < -0.39 is 0 Å². The summed E-state index contributed by atoms with van der Waals surface area (Å²) >= 11 is 0. The van der Waals surface area contributed by atoms with Crippen molar-refractivity contribution >= 4 is 12.4 Å². The highest BCUT2D eigenvalue weighted by molar-refractivity contribution is 5.88. The number of carbonyl (C=O) groups excluding carboxylic acids is 1. The van der Waals surface area contributed by atoms with Crippen LogP contribution in [0.25, 0.3) is 6.08 Å². The van der Waals surface area contributed by atoms with Gasteiger partial charge in [-0.3, -0.25) is 4.79 Å². The average Bonchev–Trinajstić information content (AvgIpc) is 2.60. The smallest absolute Gasteiger partial charge is 0.150 e. The largest absolute Gasteiger partial charge is 0.496 e. The lowest BCUT2D eigenvalue weighted by molar-refractivity contribution is 0.112. The van der Waals surface area contributed by atoms with Gasteiger partial charge in [-0.05, 0) is 47.8 Å². The van der Waals surface area contributed by atoms with Crippen LogP contribution >= 0.6 is 0 Å². The van der Waals surface area contributed by atoms with E-state index in [1.807, 2.05) is 6.07 Å². The van der Waals surface area contributed by atoms with E-state index in [2.05, 4.69) is 31.2 Å². The first-order chi connectivity index (χ1) is 11.2. The molecule has 3 nitrogen and oxygen atoms in total. The zero-order chi connectivity index (χ0) is 16.1. The Morgan fingerprint density at radius 1 is 1.22 bits per heavy atom. The second-order valence-corrected chi connectivity index (χ2v) is 6.07. The quantitative estimate of drug-likeness (QED) is 0.793. The molecule has 0 N–H and O–H groups in total. The van der Waals surface area contributed by atoms with Crippen molar-refractivity contribution in [2.75, 3.05) is 14.2 Å². The van der Waals surface area contributed by atoms with Crippen molar-refractivity contribution in [3.63, 3.8) is 0 Å². The third-order valence-electron chi connectivity index (χ3n) is 5.03. The molecule has 0 spiro atoms. The Morgan fingerprint density at radius 2 is 2.04 bits per heavy atom. The van der Waals surface area contributed by atoms with Crippen LogP contribution in [0, 0.1) is 0 Å². The van der Waals surface area contributed by atoms with Gasteiger partial charge in [0.05, 0.1) is 14.2 Å². The molecular formula is C20H18O3. The van der Waals surface area contributed by atoms with Gasteiger partial charge in [-0.2, -0.15) is 0 Å². The molecule has 23 heavy (non-hydrogen) atoms. The number of aldehydes is 1.